The van der Waals surface area contributed by atoms with Crippen LogP contribution in [-0.4, -0.2) is 38.8 Å². The number of nitrogens with one attached hydrogen (secondary N) is 2. The third-order valence-corrected chi connectivity index (χ3v) is 4.77. The Morgan fingerprint density at radius 2 is 2.07 bits per heavy atom. The number of phenolic OH excluding ortho intramolecular Hbond substituents is 1. The second-order valence-corrected chi connectivity index (χ2v) is 6.83. The minimum atomic E-state index is -4.81. The number of nitrogens with zero attached hydrogens (tertiary/aromatic N) is 3. The van der Waals surface area contributed by atoms with Crippen LogP contribution in [0.15, 0.2) is 30.5 Å². The molecule has 0 spiro atoms. The molecule has 1 fully saturated rings. The largest absolute Gasteiger partial charge is 0.507 e. The van der Waals surface area contributed by atoms with E-state index in [1.54, 1.807) is 12.1 Å². The van der Waals surface area contributed by atoms with Crippen LogP contribution in [0.1, 0.15) is 18.4 Å². The maximum Gasteiger partial charge on any atom is 0.416 e. The van der Waals surface area contributed by atoms with Gasteiger partial charge in [-0.15, -0.1) is 10.2 Å². The van der Waals surface area contributed by atoms with Crippen molar-refractivity contribution in [3.8, 4) is 17.0 Å². The van der Waals surface area contributed by atoms with E-state index in [4.69, 9.17) is 0 Å². The molecule has 4 rings (SSSR count). The van der Waals surface area contributed by atoms with E-state index in [0.717, 1.165) is 0 Å². The van der Waals surface area contributed by atoms with Crippen molar-refractivity contribution in [2.45, 2.75) is 25.1 Å². The molecule has 0 saturated carbocycles. The fourth-order valence-corrected chi connectivity index (χ4v) is 3.33. The maximum atomic E-state index is 14.5. The summed E-state index contributed by atoms with van der Waals surface area (Å²) >= 11 is 0. The van der Waals surface area contributed by atoms with Crippen LogP contribution in [0.25, 0.3) is 22.2 Å². The summed E-state index contributed by atoms with van der Waals surface area (Å²) < 4.78 is 53.2. The van der Waals surface area contributed by atoms with Gasteiger partial charge in [0.15, 0.2) is 5.82 Å². The number of aromatic nitrogens is 3. The van der Waals surface area contributed by atoms with E-state index in [9.17, 15) is 27.5 Å². The summed E-state index contributed by atoms with van der Waals surface area (Å²) in [7, 11) is 0. The first-order valence-corrected chi connectivity index (χ1v) is 8.99. The van der Waals surface area contributed by atoms with Crippen molar-refractivity contribution in [2.24, 2.45) is 0 Å². The van der Waals surface area contributed by atoms with Gasteiger partial charge in [0.2, 0.25) is 5.91 Å². The molecule has 1 atom stereocenters. The lowest BCUT2D eigenvalue weighted by Gasteiger charge is -2.15. The molecular formula is C19H15F4N5O2. The van der Waals surface area contributed by atoms with Gasteiger partial charge < -0.3 is 15.7 Å². The Kier molecular flexibility index (Phi) is 4.88. The molecule has 1 aromatic carbocycles. The number of benzene rings is 1. The zero-order chi connectivity index (χ0) is 21.5. The van der Waals surface area contributed by atoms with Crippen molar-refractivity contribution in [3.05, 3.63) is 41.8 Å². The number of halogens is 4. The molecule has 3 N–H and O–H groups in total. The molecule has 0 bridgehead atoms. The number of anilines is 1. The number of hydrogen-bond acceptors (Lipinski definition) is 6. The van der Waals surface area contributed by atoms with Gasteiger partial charge in [-0.1, -0.05) is 0 Å². The van der Waals surface area contributed by atoms with E-state index >= 15 is 0 Å². The van der Waals surface area contributed by atoms with Crippen LogP contribution in [0.2, 0.25) is 0 Å². The number of phenols is 1. The number of amides is 1. The topological polar surface area (TPSA) is 100 Å². The maximum absolute atomic E-state index is 14.5. The molecule has 1 aliphatic rings. The van der Waals surface area contributed by atoms with E-state index in [-0.39, 0.29) is 23.5 Å². The Morgan fingerprint density at radius 1 is 1.27 bits per heavy atom. The molecule has 1 amide bonds. The Labute approximate surface area is 167 Å². The zero-order valence-corrected chi connectivity index (χ0v) is 15.3. The van der Waals surface area contributed by atoms with Gasteiger partial charge >= 0.3 is 6.18 Å². The standard InChI is InChI=1S/C19H15F4N5O2/c20-12-6-9(19(21,22)23)7-13(29)15(12)16-11-2-1-5-24-17(11)18(28-27-16)25-8-10-3-4-14(30)26-10/h1-2,5-7,10,29H,3-4,8H2,(H,25,28)(H,26,30)/t10-/m1/s1. The fraction of sp³-hybridized carbons (Fsp3) is 0.263. The third-order valence-electron chi connectivity index (χ3n) is 4.77. The smallest absolute Gasteiger partial charge is 0.416 e. The van der Waals surface area contributed by atoms with Crippen LogP contribution in [-0.2, 0) is 11.0 Å². The molecule has 1 saturated heterocycles. The van der Waals surface area contributed by atoms with Gasteiger partial charge in [0, 0.05) is 30.6 Å². The number of fused-ring (bicyclic) bond motifs is 1. The van der Waals surface area contributed by atoms with Gasteiger partial charge in [-0.3, -0.25) is 9.78 Å². The van der Waals surface area contributed by atoms with Crippen molar-refractivity contribution in [2.75, 3.05) is 11.9 Å². The van der Waals surface area contributed by atoms with E-state index in [2.05, 4.69) is 25.8 Å². The molecule has 0 radical (unpaired) electrons. The summed E-state index contributed by atoms with van der Waals surface area (Å²) in [6, 6.07) is 3.75. The van der Waals surface area contributed by atoms with Crippen molar-refractivity contribution in [1.29, 1.82) is 0 Å². The number of alkyl halides is 3. The summed E-state index contributed by atoms with van der Waals surface area (Å²) in [6.07, 6.45) is -2.25. The molecule has 156 valence electrons. The molecule has 3 aromatic rings. The van der Waals surface area contributed by atoms with Crippen LogP contribution in [0, 0.1) is 5.82 Å². The summed E-state index contributed by atoms with van der Waals surface area (Å²) in [6.45, 7) is 0.366. The highest BCUT2D eigenvalue weighted by atomic mass is 19.4. The van der Waals surface area contributed by atoms with Gasteiger partial charge in [-0.2, -0.15) is 13.2 Å². The van der Waals surface area contributed by atoms with Crippen molar-refractivity contribution in [1.82, 2.24) is 20.5 Å². The minimum Gasteiger partial charge on any atom is -0.507 e. The van der Waals surface area contributed by atoms with Gasteiger partial charge in [0.1, 0.15) is 22.8 Å². The molecule has 2 aromatic heterocycles. The number of aromatic hydroxyl groups is 1. The molecule has 30 heavy (non-hydrogen) atoms. The van der Waals surface area contributed by atoms with Gasteiger partial charge in [0.05, 0.1) is 11.1 Å². The van der Waals surface area contributed by atoms with E-state index in [1.807, 2.05) is 0 Å². The molecule has 11 heteroatoms. The third kappa shape index (κ3) is 3.70. The highest BCUT2D eigenvalue weighted by Crippen LogP contribution is 2.40. The highest BCUT2D eigenvalue weighted by molar-refractivity contribution is 5.98. The van der Waals surface area contributed by atoms with Crippen LogP contribution in [0.3, 0.4) is 0 Å². The summed E-state index contributed by atoms with van der Waals surface area (Å²) in [5.74, 6) is -1.96. The normalized spacial score (nSPS) is 16.7. The number of rotatable bonds is 4. The van der Waals surface area contributed by atoms with Crippen LogP contribution >= 0.6 is 0 Å². The Bertz CT molecular complexity index is 1110. The summed E-state index contributed by atoms with van der Waals surface area (Å²) in [5, 5.41) is 24.1. The molecule has 3 heterocycles. The first-order chi connectivity index (χ1) is 14.2. The molecule has 0 unspecified atom stereocenters. The first-order valence-electron chi connectivity index (χ1n) is 8.99. The second-order valence-electron chi connectivity index (χ2n) is 6.83. The lowest BCUT2D eigenvalue weighted by Crippen LogP contribution is -2.32. The average Bonchev–Trinajstić information content (AvgIpc) is 3.11. The number of carbonyl (C=O) groups excluding carboxylic acids is 1. The highest BCUT2D eigenvalue weighted by Gasteiger charge is 2.33. The van der Waals surface area contributed by atoms with Crippen molar-refractivity contribution < 1.29 is 27.5 Å². The summed E-state index contributed by atoms with van der Waals surface area (Å²) in [5.41, 5.74) is -1.65. The monoisotopic (exact) mass is 421 g/mol. The Balaban J connectivity index is 1.74. The number of carbonyl (C=O) groups is 1. The van der Waals surface area contributed by atoms with E-state index in [0.29, 0.717) is 42.4 Å². The van der Waals surface area contributed by atoms with Crippen LogP contribution < -0.4 is 10.6 Å². The van der Waals surface area contributed by atoms with Crippen molar-refractivity contribution in [3.63, 3.8) is 0 Å². The average molecular weight is 421 g/mol. The quantitative estimate of drug-likeness (QED) is 0.560. The van der Waals surface area contributed by atoms with Crippen LogP contribution in [0.5, 0.6) is 5.75 Å². The SMILES string of the molecule is O=C1CC[C@H](CNc2nnc(-c3c(O)cc(C(F)(F)F)cc3F)c3cccnc23)N1. The van der Waals surface area contributed by atoms with Crippen LogP contribution in [0.4, 0.5) is 23.4 Å². The van der Waals surface area contributed by atoms with E-state index < -0.39 is 28.9 Å². The van der Waals surface area contributed by atoms with Gasteiger partial charge in [-0.05, 0) is 30.7 Å². The lowest BCUT2D eigenvalue weighted by molar-refractivity contribution is -0.137. The molecule has 7 nitrogen and oxygen atoms in total. The Morgan fingerprint density at radius 3 is 2.73 bits per heavy atom. The molecule has 1 aliphatic heterocycles. The van der Waals surface area contributed by atoms with Gasteiger partial charge in [-0.25, -0.2) is 4.39 Å². The number of hydrogen-bond donors (Lipinski definition) is 3. The lowest BCUT2D eigenvalue weighted by atomic mass is 10.0. The molecule has 0 aliphatic carbocycles. The Hall–Kier alpha value is -3.50. The second kappa shape index (κ2) is 7.39. The minimum absolute atomic E-state index is 0.0422. The predicted octanol–water partition coefficient (Wildman–Crippen LogP) is 3.25. The first kappa shape index (κ1) is 19.8. The van der Waals surface area contributed by atoms with Gasteiger partial charge in [0.25, 0.3) is 0 Å². The summed E-state index contributed by atoms with van der Waals surface area (Å²) in [4.78, 5) is 15.5. The fourth-order valence-electron chi connectivity index (χ4n) is 3.33. The van der Waals surface area contributed by atoms with Crippen molar-refractivity contribution >= 4 is 22.6 Å². The van der Waals surface area contributed by atoms with E-state index in [1.165, 1.54) is 6.20 Å². The predicted molar refractivity (Wildman–Crippen MR) is 99.0 cm³/mol. The zero-order valence-electron chi connectivity index (χ0n) is 15.3. The number of pyridine rings is 1. The molecular weight excluding hydrogens is 406 g/mol.